The number of hydrogen-bond acceptors (Lipinski definition) is 2. The van der Waals surface area contributed by atoms with Crippen molar-refractivity contribution < 1.29 is 13.5 Å². The average molecular weight is 269 g/mol. The standard InChI is InChI=1S/C15H21F2NO/c1-2-18-13-6-4-3-5-7-15(13)19-14-9-8-11(16)10-12(14)17/h8-10,13,15,18H,2-7H2,1H3. The molecule has 0 amide bonds. The van der Waals surface area contributed by atoms with Crippen LogP contribution in [0.5, 0.6) is 5.75 Å². The van der Waals surface area contributed by atoms with E-state index in [4.69, 9.17) is 4.74 Å². The highest BCUT2D eigenvalue weighted by Gasteiger charge is 2.25. The Bertz CT molecular complexity index is 411. The summed E-state index contributed by atoms with van der Waals surface area (Å²) in [7, 11) is 0. The highest BCUT2D eigenvalue weighted by molar-refractivity contribution is 5.25. The normalized spacial score (nSPS) is 23.9. The zero-order valence-corrected chi connectivity index (χ0v) is 11.3. The smallest absolute Gasteiger partial charge is 0.167 e. The zero-order valence-electron chi connectivity index (χ0n) is 11.3. The fourth-order valence-corrected chi connectivity index (χ4v) is 2.64. The molecule has 2 unspecified atom stereocenters. The lowest BCUT2D eigenvalue weighted by Gasteiger charge is -2.27. The molecule has 0 aromatic heterocycles. The first-order valence-electron chi connectivity index (χ1n) is 7.05. The molecule has 19 heavy (non-hydrogen) atoms. The predicted molar refractivity (Wildman–Crippen MR) is 71.3 cm³/mol. The lowest BCUT2D eigenvalue weighted by molar-refractivity contribution is 0.139. The van der Waals surface area contributed by atoms with Gasteiger partial charge in [0.1, 0.15) is 11.9 Å². The van der Waals surface area contributed by atoms with Gasteiger partial charge in [-0.25, -0.2) is 8.78 Å². The van der Waals surface area contributed by atoms with E-state index in [1.165, 1.54) is 25.0 Å². The van der Waals surface area contributed by atoms with E-state index >= 15 is 0 Å². The van der Waals surface area contributed by atoms with E-state index in [1.54, 1.807) is 0 Å². The highest BCUT2D eigenvalue weighted by Crippen LogP contribution is 2.25. The molecule has 1 aromatic carbocycles. The molecule has 1 N–H and O–H groups in total. The minimum atomic E-state index is -0.625. The number of hydrogen-bond donors (Lipinski definition) is 1. The van der Waals surface area contributed by atoms with Crippen LogP contribution >= 0.6 is 0 Å². The quantitative estimate of drug-likeness (QED) is 0.842. The molecule has 0 bridgehead atoms. The first-order chi connectivity index (χ1) is 9.20. The van der Waals surface area contributed by atoms with Crippen LogP contribution in [0.2, 0.25) is 0 Å². The van der Waals surface area contributed by atoms with Crippen LogP contribution in [0.15, 0.2) is 18.2 Å². The second-order valence-electron chi connectivity index (χ2n) is 5.03. The third kappa shape index (κ3) is 3.90. The lowest BCUT2D eigenvalue weighted by atomic mass is 10.1. The molecule has 106 valence electrons. The van der Waals surface area contributed by atoms with E-state index in [-0.39, 0.29) is 17.9 Å². The Hall–Kier alpha value is -1.16. The molecule has 0 aliphatic heterocycles. The van der Waals surface area contributed by atoms with Gasteiger partial charge in [-0.3, -0.25) is 0 Å². The molecule has 0 heterocycles. The van der Waals surface area contributed by atoms with E-state index in [0.29, 0.717) is 0 Å². The van der Waals surface area contributed by atoms with Gasteiger partial charge in [-0.2, -0.15) is 0 Å². The van der Waals surface area contributed by atoms with E-state index in [1.807, 2.05) is 0 Å². The van der Waals surface area contributed by atoms with Gasteiger partial charge in [0, 0.05) is 12.1 Å². The van der Waals surface area contributed by atoms with Gasteiger partial charge in [0.15, 0.2) is 11.6 Å². The van der Waals surface area contributed by atoms with Crippen molar-refractivity contribution >= 4 is 0 Å². The first kappa shape index (κ1) is 14.3. The fourth-order valence-electron chi connectivity index (χ4n) is 2.64. The summed E-state index contributed by atoms with van der Waals surface area (Å²) in [6.07, 6.45) is 5.37. The number of ether oxygens (including phenoxy) is 1. The monoisotopic (exact) mass is 269 g/mol. The Morgan fingerprint density at radius 3 is 2.74 bits per heavy atom. The zero-order chi connectivity index (χ0) is 13.7. The summed E-state index contributed by atoms with van der Waals surface area (Å²) < 4.78 is 32.3. The van der Waals surface area contributed by atoms with Crippen molar-refractivity contribution in [2.24, 2.45) is 0 Å². The van der Waals surface area contributed by atoms with Crippen LogP contribution in [0.25, 0.3) is 0 Å². The summed E-state index contributed by atoms with van der Waals surface area (Å²) in [4.78, 5) is 0. The van der Waals surface area contributed by atoms with Crippen molar-refractivity contribution in [3.8, 4) is 5.75 Å². The summed E-state index contributed by atoms with van der Waals surface area (Å²) in [5, 5.41) is 3.40. The van der Waals surface area contributed by atoms with Crippen LogP contribution in [0, 0.1) is 11.6 Å². The van der Waals surface area contributed by atoms with Gasteiger partial charge in [0.05, 0.1) is 0 Å². The molecule has 0 saturated heterocycles. The van der Waals surface area contributed by atoms with Crippen molar-refractivity contribution in [3.63, 3.8) is 0 Å². The second kappa shape index (κ2) is 6.85. The number of rotatable bonds is 4. The number of likely N-dealkylation sites (N-methyl/N-ethyl adjacent to an activating group) is 1. The van der Waals surface area contributed by atoms with Crippen molar-refractivity contribution in [1.29, 1.82) is 0 Å². The lowest BCUT2D eigenvalue weighted by Crippen LogP contribution is -2.42. The molecule has 1 fully saturated rings. The second-order valence-corrected chi connectivity index (χ2v) is 5.03. The van der Waals surface area contributed by atoms with Crippen molar-refractivity contribution in [1.82, 2.24) is 5.32 Å². The van der Waals surface area contributed by atoms with Crippen LogP contribution in [0.1, 0.15) is 39.0 Å². The number of halogens is 2. The van der Waals surface area contributed by atoms with Crippen molar-refractivity contribution in [3.05, 3.63) is 29.8 Å². The summed E-state index contributed by atoms with van der Waals surface area (Å²) in [5.74, 6) is -1.05. The van der Waals surface area contributed by atoms with Crippen LogP contribution in [0.3, 0.4) is 0 Å². The summed E-state index contributed by atoms with van der Waals surface area (Å²) in [6.45, 7) is 2.93. The van der Waals surface area contributed by atoms with Gasteiger partial charge in [0.25, 0.3) is 0 Å². The Balaban J connectivity index is 2.09. The van der Waals surface area contributed by atoms with Gasteiger partial charge in [0.2, 0.25) is 0 Å². The molecule has 0 radical (unpaired) electrons. The van der Waals surface area contributed by atoms with Crippen LogP contribution in [0.4, 0.5) is 8.78 Å². The maximum Gasteiger partial charge on any atom is 0.167 e. The number of benzene rings is 1. The molecule has 1 aliphatic rings. The minimum Gasteiger partial charge on any atom is -0.486 e. The molecule has 1 aliphatic carbocycles. The number of nitrogens with one attached hydrogen (secondary N) is 1. The van der Waals surface area contributed by atoms with Crippen LogP contribution in [-0.4, -0.2) is 18.7 Å². The van der Waals surface area contributed by atoms with Gasteiger partial charge in [-0.15, -0.1) is 0 Å². The molecule has 0 spiro atoms. The van der Waals surface area contributed by atoms with Gasteiger partial charge in [-0.05, 0) is 37.9 Å². The van der Waals surface area contributed by atoms with E-state index in [9.17, 15) is 8.78 Å². The molecule has 2 nitrogen and oxygen atoms in total. The third-order valence-electron chi connectivity index (χ3n) is 3.59. The van der Waals surface area contributed by atoms with Gasteiger partial charge < -0.3 is 10.1 Å². The summed E-state index contributed by atoms with van der Waals surface area (Å²) >= 11 is 0. The van der Waals surface area contributed by atoms with Gasteiger partial charge >= 0.3 is 0 Å². The maximum absolute atomic E-state index is 13.6. The molecule has 1 saturated carbocycles. The summed E-state index contributed by atoms with van der Waals surface area (Å²) in [6, 6.07) is 3.72. The van der Waals surface area contributed by atoms with E-state index in [0.717, 1.165) is 31.9 Å². The molecule has 4 heteroatoms. The molecular formula is C15H21F2NO. The summed E-state index contributed by atoms with van der Waals surface area (Å²) in [5.41, 5.74) is 0. The molecule has 2 rings (SSSR count). The van der Waals surface area contributed by atoms with E-state index < -0.39 is 11.6 Å². The highest BCUT2D eigenvalue weighted by atomic mass is 19.1. The van der Waals surface area contributed by atoms with Crippen LogP contribution in [-0.2, 0) is 0 Å². The van der Waals surface area contributed by atoms with E-state index in [2.05, 4.69) is 12.2 Å². The Kier molecular flexibility index (Phi) is 5.14. The van der Waals surface area contributed by atoms with Crippen molar-refractivity contribution in [2.45, 2.75) is 51.2 Å². The average Bonchev–Trinajstić information content (AvgIpc) is 2.59. The Morgan fingerprint density at radius 2 is 2.00 bits per heavy atom. The molecular weight excluding hydrogens is 248 g/mol. The van der Waals surface area contributed by atoms with Crippen molar-refractivity contribution in [2.75, 3.05) is 6.54 Å². The Labute approximate surface area is 113 Å². The predicted octanol–water partition coefficient (Wildman–Crippen LogP) is 3.65. The minimum absolute atomic E-state index is 0.0394. The van der Waals surface area contributed by atoms with Gasteiger partial charge in [-0.1, -0.05) is 19.8 Å². The third-order valence-corrected chi connectivity index (χ3v) is 3.59. The largest absolute Gasteiger partial charge is 0.486 e. The van der Waals surface area contributed by atoms with Crippen LogP contribution < -0.4 is 10.1 Å². The first-order valence-corrected chi connectivity index (χ1v) is 7.05. The Morgan fingerprint density at radius 1 is 1.21 bits per heavy atom. The SMILES string of the molecule is CCNC1CCCCCC1Oc1ccc(F)cc1F. The topological polar surface area (TPSA) is 21.3 Å². The fraction of sp³-hybridized carbons (Fsp3) is 0.600. The molecule has 2 atom stereocenters. The molecule has 1 aromatic rings. The maximum atomic E-state index is 13.6.